The van der Waals surface area contributed by atoms with Crippen molar-refractivity contribution >= 4 is 11.4 Å². The van der Waals surface area contributed by atoms with Crippen molar-refractivity contribution in [3.63, 3.8) is 0 Å². The van der Waals surface area contributed by atoms with Crippen molar-refractivity contribution in [2.24, 2.45) is 0 Å². The van der Waals surface area contributed by atoms with Crippen LogP contribution in [0.25, 0.3) is 0 Å². The van der Waals surface area contributed by atoms with Crippen LogP contribution in [0.3, 0.4) is 0 Å². The highest BCUT2D eigenvalue weighted by Gasteiger charge is 2.38. The molecule has 1 saturated heterocycles. The number of nitrogens with zero attached hydrogens (tertiary/aromatic N) is 2. The van der Waals surface area contributed by atoms with Crippen LogP contribution in [0.15, 0.2) is 12.1 Å². The highest BCUT2D eigenvalue weighted by molar-refractivity contribution is 5.62. The summed E-state index contributed by atoms with van der Waals surface area (Å²) in [5.41, 5.74) is -3.70. The van der Waals surface area contributed by atoms with Gasteiger partial charge in [0.2, 0.25) is 0 Å². The molecular formula is C12H11F3N2O6. The first-order chi connectivity index (χ1) is 10.7. The van der Waals surface area contributed by atoms with Gasteiger partial charge in [0, 0.05) is 18.7 Å². The smallest absolute Gasteiger partial charge is 0.416 e. The second-order valence-corrected chi connectivity index (χ2v) is 4.80. The van der Waals surface area contributed by atoms with Crippen LogP contribution in [0.2, 0.25) is 0 Å². The molecule has 8 nitrogen and oxygen atoms in total. The second-order valence-electron chi connectivity index (χ2n) is 4.80. The van der Waals surface area contributed by atoms with Crippen LogP contribution in [0.5, 0.6) is 5.75 Å². The molecule has 126 valence electrons. The Balaban J connectivity index is 2.44. The Hall–Kier alpha value is -2.43. The number of nitro groups is 2. The number of nitro benzene ring substituents is 2. The molecule has 1 atom stereocenters. The van der Waals surface area contributed by atoms with Crippen LogP contribution in [-0.2, 0) is 10.9 Å². The first-order valence-electron chi connectivity index (χ1n) is 6.48. The zero-order chi connectivity index (χ0) is 17.2. The highest BCUT2D eigenvalue weighted by Crippen LogP contribution is 2.42. The van der Waals surface area contributed by atoms with Crippen LogP contribution in [0.1, 0.15) is 18.4 Å². The van der Waals surface area contributed by atoms with Gasteiger partial charge in [-0.05, 0) is 12.8 Å². The predicted octanol–water partition coefficient (Wildman–Crippen LogP) is 3.08. The molecule has 1 aromatic rings. The highest BCUT2D eigenvalue weighted by atomic mass is 19.4. The molecule has 1 unspecified atom stereocenters. The van der Waals surface area contributed by atoms with Gasteiger partial charge in [-0.1, -0.05) is 0 Å². The van der Waals surface area contributed by atoms with E-state index in [0.29, 0.717) is 13.0 Å². The maximum atomic E-state index is 12.7. The minimum Gasteiger partial charge on any atom is -0.479 e. The van der Waals surface area contributed by atoms with Gasteiger partial charge in [0.25, 0.3) is 5.75 Å². The van der Waals surface area contributed by atoms with Crippen molar-refractivity contribution in [1.29, 1.82) is 0 Å². The van der Waals surface area contributed by atoms with Crippen LogP contribution in [0, 0.1) is 20.2 Å². The molecule has 0 radical (unpaired) electrons. The Morgan fingerprint density at radius 2 is 1.78 bits per heavy atom. The maximum Gasteiger partial charge on any atom is 0.416 e. The summed E-state index contributed by atoms with van der Waals surface area (Å²) in [6.45, 7) is 0.248. The van der Waals surface area contributed by atoms with E-state index in [0.717, 1.165) is 6.42 Å². The van der Waals surface area contributed by atoms with Crippen LogP contribution in [0.4, 0.5) is 24.5 Å². The number of halogens is 3. The van der Waals surface area contributed by atoms with Crippen molar-refractivity contribution in [2.45, 2.75) is 25.1 Å². The van der Waals surface area contributed by atoms with Crippen LogP contribution >= 0.6 is 0 Å². The largest absolute Gasteiger partial charge is 0.479 e. The van der Waals surface area contributed by atoms with Gasteiger partial charge in [-0.25, -0.2) is 0 Å². The predicted molar refractivity (Wildman–Crippen MR) is 69.2 cm³/mol. The number of alkyl halides is 3. The van der Waals surface area contributed by atoms with Crippen molar-refractivity contribution in [2.75, 3.05) is 13.2 Å². The summed E-state index contributed by atoms with van der Waals surface area (Å²) in [6, 6.07) is 0.440. The van der Waals surface area contributed by atoms with E-state index in [1.165, 1.54) is 0 Å². The standard InChI is InChI=1S/C12H11F3N2O6/c13-12(14,15)7-4-9(16(18)19)11(10(5-7)17(20)21)23-6-8-2-1-3-22-8/h4-5,8H,1-3,6H2. The summed E-state index contributed by atoms with van der Waals surface area (Å²) in [7, 11) is 0. The topological polar surface area (TPSA) is 105 Å². The molecule has 23 heavy (non-hydrogen) atoms. The van der Waals surface area contributed by atoms with Gasteiger partial charge < -0.3 is 9.47 Å². The Morgan fingerprint density at radius 1 is 1.22 bits per heavy atom. The minimum absolute atomic E-state index is 0.215. The third kappa shape index (κ3) is 3.86. The van der Waals surface area contributed by atoms with Gasteiger partial charge >= 0.3 is 17.6 Å². The van der Waals surface area contributed by atoms with E-state index >= 15 is 0 Å². The molecule has 2 rings (SSSR count). The summed E-state index contributed by atoms with van der Waals surface area (Å²) < 4.78 is 48.5. The van der Waals surface area contributed by atoms with Crippen LogP contribution < -0.4 is 4.74 Å². The molecule has 0 spiro atoms. The van der Waals surface area contributed by atoms with Crippen molar-refractivity contribution in [3.05, 3.63) is 37.9 Å². The molecule has 0 bridgehead atoms. The maximum absolute atomic E-state index is 12.7. The van der Waals surface area contributed by atoms with Crippen molar-refractivity contribution in [3.8, 4) is 5.75 Å². The van der Waals surface area contributed by atoms with Gasteiger partial charge in [-0.3, -0.25) is 20.2 Å². The van der Waals surface area contributed by atoms with E-state index < -0.39 is 44.8 Å². The second kappa shape index (κ2) is 6.36. The average Bonchev–Trinajstić information content (AvgIpc) is 2.96. The molecule has 1 aliphatic heterocycles. The Bertz CT molecular complexity index is 593. The SMILES string of the molecule is O=[N+]([O-])c1cc(C(F)(F)F)cc([N+](=O)[O-])c1OCC1CCCO1. The van der Waals surface area contributed by atoms with Crippen LogP contribution in [-0.4, -0.2) is 29.2 Å². The molecule has 11 heteroatoms. The number of hydrogen-bond acceptors (Lipinski definition) is 6. The van der Waals surface area contributed by atoms with Gasteiger partial charge in [0.1, 0.15) is 6.61 Å². The van der Waals surface area contributed by atoms with Crippen molar-refractivity contribution in [1.82, 2.24) is 0 Å². The lowest BCUT2D eigenvalue weighted by Crippen LogP contribution is -2.18. The van der Waals surface area contributed by atoms with E-state index in [1.54, 1.807) is 0 Å². The molecule has 0 amide bonds. The molecule has 1 aromatic carbocycles. The fourth-order valence-electron chi connectivity index (χ4n) is 2.13. The van der Waals surface area contributed by atoms with Crippen molar-refractivity contribution < 1.29 is 32.5 Å². The summed E-state index contributed by atoms with van der Waals surface area (Å²) in [6.07, 6.45) is -4.02. The monoisotopic (exact) mass is 336 g/mol. The van der Waals surface area contributed by atoms with E-state index in [4.69, 9.17) is 9.47 Å². The lowest BCUT2D eigenvalue weighted by molar-refractivity contribution is -0.396. The molecule has 1 heterocycles. The number of ether oxygens (including phenoxy) is 2. The Morgan fingerprint density at radius 3 is 2.17 bits per heavy atom. The normalized spacial score (nSPS) is 18.0. The summed E-state index contributed by atoms with van der Waals surface area (Å²) in [5.74, 6) is -0.802. The number of hydrogen-bond donors (Lipinski definition) is 0. The molecule has 0 saturated carbocycles. The van der Waals surface area contributed by atoms with Gasteiger partial charge in [-0.15, -0.1) is 0 Å². The fourth-order valence-corrected chi connectivity index (χ4v) is 2.13. The number of benzene rings is 1. The molecular weight excluding hydrogens is 325 g/mol. The van der Waals surface area contributed by atoms with Gasteiger partial charge in [0.15, 0.2) is 0 Å². The third-order valence-electron chi connectivity index (χ3n) is 3.21. The Labute approximate surface area is 127 Å². The summed E-state index contributed by atoms with van der Waals surface area (Å²) in [5, 5.41) is 22.0. The quantitative estimate of drug-likeness (QED) is 0.604. The Kier molecular flexibility index (Phi) is 4.68. The zero-order valence-electron chi connectivity index (χ0n) is 11.5. The zero-order valence-corrected chi connectivity index (χ0v) is 11.5. The van der Waals surface area contributed by atoms with Gasteiger partial charge in [0.05, 0.1) is 21.5 Å². The molecule has 0 aliphatic carbocycles. The lowest BCUT2D eigenvalue weighted by Gasteiger charge is -2.13. The van der Waals surface area contributed by atoms with E-state index in [2.05, 4.69) is 0 Å². The summed E-state index contributed by atoms with van der Waals surface area (Å²) in [4.78, 5) is 19.7. The average molecular weight is 336 g/mol. The summed E-state index contributed by atoms with van der Waals surface area (Å²) >= 11 is 0. The van der Waals surface area contributed by atoms with E-state index in [1.807, 2.05) is 0 Å². The van der Waals surface area contributed by atoms with E-state index in [-0.39, 0.29) is 18.7 Å². The fraction of sp³-hybridized carbons (Fsp3) is 0.500. The van der Waals surface area contributed by atoms with Gasteiger partial charge in [-0.2, -0.15) is 13.2 Å². The molecule has 0 N–H and O–H groups in total. The molecule has 1 fully saturated rings. The van der Waals surface area contributed by atoms with E-state index in [9.17, 15) is 33.4 Å². The first-order valence-corrected chi connectivity index (χ1v) is 6.48. The third-order valence-corrected chi connectivity index (χ3v) is 3.21. The first kappa shape index (κ1) is 16.9. The number of rotatable bonds is 5. The molecule has 0 aromatic heterocycles. The molecule has 1 aliphatic rings. The lowest BCUT2D eigenvalue weighted by atomic mass is 10.1. The minimum atomic E-state index is -4.96.